The molecule has 1 spiro atoms. The summed E-state index contributed by atoms with van der Waals surface area (Å²) in [5.41, 5.74) is 0.851. The van der Waals surface area contributed by atoms with E-state index in [4.69, 9.17) is 0 Å². The number of rotatable bonds is 0. The fraction of sp³-hybridized carbons (Fsp3) is 0.750. The van der Waals surface area contributed by atoms with Gasteiger partial charge in [0.1, 0.15) is 0 Å². The molecule has 4 heteroatoms. The highest BCUT2D eigenvalue weighted by molar-refractivity contribution is 5.81. The minimum absolute atomic E-state index is 0.103. The maximum absolute atomic E-state index is 11.3. The van der Waals surface area contributed by atoms with Gasteiger partial charge in [-0.3, -0.25) is 4.90 Å². The molecule has 0 bridgehead atoms. The van der Waals surface area contributed by atoms with Gasteiger partial charge in [-0.05, 0) is 33.6 Å². The van der Waals surface area contributed by atoms with Crippen molar-refractivity contribution in [3.05, 3.63) is 12.3 Å². The first-order valence-electron chi connectivity index (χ1n) is 5.87. The van der Waals surface area contributed by atoms with Gasteiger partial charge in [-0.25, -0.2) is 4.79 Å². The smallest absolute Gasteiger partial charge is 0.319 e. The van der Waals surface area contributed by atoms with E-state index in [1.165, 1.54) is 0 Å². The largest absolute Gasteiger partial charge is 0.327 e. The zero-order valence-electron chi connectivity index (χ0n) is 10.4. The number of hydrogen-bond donors (Lipinski definition) is 2. The van der Waals surface area contributed by atoms with E-state index in [0.717, 1.165) is 31.6 Å². The summed E-state index contributed by atoms with van der Waals surface area (Å²) in [6, 6.07) is -0.103. The van der Waals surface area contributed by atoms with Crippen LogP contribution in [0, 0.1) is 0 Å². The Bertz CT molecular complexity index is 322. The molecule has 90 valence electrons. The van der Waals surface area contributed by atoms with Gasteiger partial charge in [-0.15, -0.1) is 0 Å². The Hall–Kier alpha value is -1.03. The van der Waals surface area contributed by atoms with E-state index < -0.39 is 0 Å². The van der Waals surface area contributed by atoms with Gasteiger partial charge in [0, 0.05) is 24.3 Å². The second kappa shape index (κ2) is 3.48. The molecular formula is C12H21N3O. The highest BCUT2D eigenvalue weighted by atomic mass is 16.2. The molecule has 0 radical (unpaired) electrons. The van der Waals surface area contributed by atoms with Gasteiger partial charge in [0.15, 0.2) is 0 Å². The normalized spacial score (nSPS) is 25.7. The topological polar surface area (TPSA) is 44.4 Å². The summed E-state index contributed by atoms with van der Waals surface area (Å²) in [6.45, 7) is 12.6. The third-order valence-corrected chi connectivity index (χ3v) is 3.76. The van der Waals surface area contributed by atoms with Crippen molar-refractivity contribution in [1.29, 1.82) is 0 Å². The molecule has 2 aliphatic rings. The van der Waals surface area contributed by atoms with Gasteiger partial charge in [0.05, 0.1) is 5.54 Å². The number of nitrogens with zero attached hydrogens (tertiary/aromatic N) is 1. The van der Waals surface area contributed by atoms with E-state index >= 15 is 0 Å². The van der Waals surface area contributed by atoms with Crippen LogP contribution >= 0.6 is 0 Å². The zero-order valence-corrected chi connectivity index (χ0v) is 10.4. The lowest BCUT2D eigenvalue weighted by atomic mass is 9.84. The predicted octanol–water partition coefficient (Wildman–Crippen LogP) is 1.45. The highest BCUT2D eigenvalue weighted by Crippen LogP contribution is 2.32. The van der Waals surface area contributed by atoms with Crippen LogP contribution in [0.1, 0.15) is 33.6 Å². The molecule has 2 heterocycles. The van der Waals surface area contributed by atoms with Gasteiger partial charge >= 0.3 is 6.03 Å². The number of hydrogen-bond acceptors (Lipinski definition) is 2. The van der Waals surface area contributed by atoms with E-state index in [1.54, 1.807) is 0 Å². The van der Waals surface area contributed by atoms with Crippen LogP contribution in [0.15, 0.2) is 12.3 Å². The Balaban J connectivity index is 2.05. The average molecular weight is 223 g/mol. The summed E-state index contributed by atoms with van der Waals surface area (Å²) in [5, 5.41) is 5.78. The monoisotopic (exact) mass is 223 g/mol. The summed E-state index contributed by atoms with van der Waals surface area (Å²) in [4.78, 5) is 13.8. The first-order valence-corrected chi connectivity index (χ1v) is 5.87. The van der Waals surface area contributed by atoms with Crippen molar-refractivity contribution < 1.29 is 4.79 Å². The Kier molecular flexibility index (Phi) is 2.49. The third-order valence-electron chi connectivity index (χ3n) is 3.76. The van der Waals surface area contributed by atoms with Crippen LogP contribution in [0.4, 0.5) is 4.79 Å². The molecular weight excluding hydrogens is 202 g/mol. The number of piperidine rings is 1. The first-order chi connectivity index (χ1) is 7.33. The summed E-state index contributed by atoms with van der Waals surface area (Å²) in [5.74, 6) is 0. The number of carbonyl (C=O) groups is 1. The van der Waals surface area contributed by atoms with Crippen LogP contribution in [0.5, 0.6) is 0 Å². The van der Waals surface area contributed by atoms with Crippen molar-refractivity contribution in [3.63, 3.8) is 0 Å². The molecule has 2 aliphatic heterocycles. The molecule has 0 unspecified atom stereocenters. The van der Waals surface area contributed by atoms with E-state index in [-0.39, 0.29) is 17.1 Å². The van der Waals surface area contributed by atoms with Crippen molar-refractivity contribution >= 4 is 6.03 Å². The maximum Gasteiger partial charge on any atom is 0.319 e. The highest BCUT2D eigenvalue weighted by Gasteiger charge is 2.44. The SMILES string of the molecule is C=C1NC(=O)NC12CCN(C(C)(C)C)CC2. The van der Waals surface area contributed by atoms with Crippen molar-refractivity contribution in [1.82, 2.24) is 15.5 Å². The molecule has 4 nitrogen and oxygen atoms in total. The van der Waals surface area contributed by atoms with Gasteiger partial charge < -0.3 is 10.6 Å². The van der Waals surface area contributed by atoms with E-state index in [0.29, 0.717) is 0 Å². The second-order valence-electron chi connectivity index (χ2n) is 5.80. The van der Waals surface area contributed by atoms with Gasteiger partial charge in [0.25, 0.3) is 0 Å². The van der Waals surface area contributed by atoms with E-state index in [1.807, 2.05) is 0 Å². The van der Waals surface area contributed by atoms with E-state index in [2.05, 4.69) is 42.9 Å². The molecule has 0 aromatic rings. The number of urea groups is 1. The van der Waals surface area contributed by atoms with Crippen LogP contribution in [0.2, 0.25) is 0 Å². The summed E-state index contributed by atoms with van der Waals surface area (Å²) in [6.07, 6.45) is 1.89. The van der Waals surface area contributed by atoms with Gasteiger partial charge in [0.2, 0.25) is 0 Å². The molecule has 2 amide bonds. The van der Waals surface area contributed by atoms with Crippen molar-refractivity contribution in [3.8, 4) is 0 Å². The standard InChI is InChI=1S/C12H21N3O/c1-9-12(14-10(16)13-9)5-7-15(8-6-12)11(2,3)4/h1,5-8H2,2-4H3,(H2,13,14,16). The summed E-state index contributed by atoms with van der Waals surface area (Å²) in [7, 11) is 0. The number of amides is 2. The van der Waals surface area contributed by atoms with Crippen molar-refractivity contribution in [2.45, 2.75) is 44.7 Å². The van der Waals surface area contributed by atoms with Gasteiger partial charge in [-0.1, -0.05) is 6.58 Å². The summed E-state index contributed by atoms with van der Waals surface area (Å²) < 4.78 is 0. The summed E-state index contributed by atoms with van der Waals surface area (Å²) >= 11 is 0. The van der Waals surface area contributed by atoms with Gasteiger partial charge in [-0.2, -0.15) is 0 Å². The molecule has 2 saturated heterocycles. The first kappa shape index (κ1) is 11.5. The molecule has 2 fully saturated rings. The fourth-order valence-electron chi connectivity index (χ4n) is 2.57. The Morgan fingerprint density at radius 3 is 2.25 bits per heavy atom. The Morgan fingerprint density at radius 1 is 1.31 bits per heavy atom. The third kappa shape index (κ3) is 1.82. The molecule has 0 aliphatic carbocycles. The molecule has 16 heavy (non-hydrogen) atoms. The van der Waals surface area contributed by atoms with E-state index in [9.17, 15) is 4.79 Å². The lowest BCUT2D eigenvalue weighted by Gasteiger charge is -2.44. The van der Waals surface area contributed by atoms with Crippen LogP contribution < -0.4 is 10.6 Å². The zero-order chi connectivity index (χ0) is 12.0. The van der Waals surface area contributed by atoms with Crippen LogP contribution in [-0.4, -0.2) is 35.1 Å². The molecule has 0 atom stereocenters. The minimum atomic E-state index is -0.196. The molecule has 2 rings (SSSR count). The second-order valence-corrected chi connectivity index (χ2v) is 5.80. The minimum Gasteiger partial charge on any atom is -0.327 e. The molecule has 0 aromatic carbocycles. The van der Waals surface area contributed by atoms with Crippen molar-refractivity contribution in [2.75, 3.05) is 13.1 Å². The predicted molar refractivity (Wildman–Crippen MR) is 64.1 cm³/mol. The van der Waals surface area contributed by atoms with Crippen LogP contribution in [0.25, 0.3) is 0 Å². The average Bonchev–Trinajstić information content (AvgIpc) is 2.41. The lowest BCUT2D eigenvalue weighted by molar-refractivity contribution is 0.0814. The molecule has 0 aromatic heterocycles. The number of likely N-dealkylation sites (tertiary alicyclic amines) is 1. The van der Waals surface area contributed by atoms with Crippen LogP contribution in [0.3, 0.4) is 0 Å². The number of carbonyl (C=O) groups excluding carboxylic acids is 1. The van der Waals surface area contributed by atoms with Crippen molar-refractivity contribution in [2.24, 2.45) is 0 Å². The maximum atomic E-state index is 11.3. The van der Waals surface area contributed by atoms with Crippen LogP contribution in [-0.2, 0) is 0 Å². The Morgan fingerprint density at radius 2 is 1.88 bits per heavy atom. The lowest BCUT2D eigenvalue weighted by Crippen LogP contribution is -2.55. The number of nitrogens with one attached hydrogen (secondary N) is 2. The Labute approximate surface area is 97.1 Å². The fourth-order valence-corrected chi connectivity index (χ4v) is 2.57. The molecule has 0 saturated carbocycles. The quantitative estimate of drug-likeness (QED) is 0.653. The molecule has 2 N–H and O–H groups in total.